The van der Waals surface area contributed by atoms with E-state index in [0.29, 0.717) is 41.9 Å². The number of thioether (sulfide) groups is 1. The van der Waals surface area contributed by atoms with Gasteiger partial charge < -0.3 is 72.3 Å². The number of aliphatic hydroxyl groups is 1. The lowest BCUT2D eigenvalue weighted by Gasteiger charge is -2.59. The molecule has 6 aliphatic rings. The first-order valence-corrected chi connectivity index (χ1v) is 29.8. The number of benzene rings is 1. The van der Waals surface area contributed by atoms with E-state index < -0.39 is 82.3 Å². The summed E-state index contributed by atoms with van der Waals surface area (Å²) in [6.45, 7) is 9.03. The molecule has 4 fully saturated rings. The van der Waals surface area contributed by atoms with Crippen LogP contribution in [0, 0.1) is 0 Å². The fourth-order valence-corrected chi connectivity index (χ4v) is 11.5. The average Bonchev–Trinajstić information content (AvgIpc) is 0.879. The van der Waals surface area contributed by atoms with Crippen LogP contribution in [0.2, 0.25) is 5.02 Å². The van der Waals surface area contributed by atoms with Gasteiger partial charge in [-0.2, -0.15) is 0 Å². The number of methoxy groups -OCH3 is 2. The molecule has 0 saturated carbocycles. The lowest BCUT2D eigenvalue weighted by atomic mass is 9.72. The normalized spacial score (nSPS) is 26.6. The molecule has 7 rings (SSSR count). The third-order valence-electron chi connectivity index (χ3n) is 14.7. The van der Waals surface area contributed by atoms with E-state index in [9.17, 15) is 48.3 Å². The number of carbonyl (C=O) groups is 9. The van der Waals surface area contributed by atoms with Crippen LogP contribution in [0.3, 0.4) is 0 Å². The molecule has 8 atom stereocenters. The summed E-state index contributed by atoms with van der Waals surface area (Å²) in [7, 11) is 4.43. The highest BCUT2D eigenvalue weighted by Gasteiger charge is 2.63. The molecule has 478 valence electrons. The first-order valence-electron chi connectivity index (χ1n) is 28.4. The predicted octanol–water partition coefficient (Wildman–Crippen LogP) is 2.66. The second-order valence-corrected chi connectivity index (χ2v) is 23.1. The number of amides is 7. The van der Waals surface area contributed by atoms with E-state index >= 15 is 0 Å². The van der Waals surface area contributed by atoms with Crippen LogP contribution in [0.5, 0.6) is 5.75 Å². The maximum Gasteiger partial charge on any atom is 0.409 e. The zero-order valence-electron chi connectivity index (χ0n) is 49.7. The average molecular weight is 1250 g/mol. The number of imide groups is 2. The summed E-state index contributed by atoms with van der Waals surface area (Å²) in [6, 6.07) is 3.54. The first kappa shape index (κ1) is 69.3. The molecular formula is C57H80ClN5O22S. The number of fused-ring (bicyclic) bond motifs is 6. The van der Waals surface area contributed by atoms with Gasteiger partial charge in [-0.15, -0.1) is 16.8 Å². The number of anilines is 1. The van der Waals surface area contributed by atoms with Gasteiger partial charge in [0.2, 0.25) is 23.6 Å². The van der Waals surface area contributed by atoms with Crippen molar-refractivity contribution in [2.75, 3.05) is 118 Å². The van der Waals surface area contributed by atoms with Crippen LogP contribution in [-0.4, -0.2) is 228 Å². The van der Waals surface area contributed by atoms with Gasteiger partial charge in [-0.25, -0.2) is 14.4 Å². The van der Waals surface area contributed by atoms with Gasteiger partial charge in [0.25, 0.3) is 11.8 Å². The summed E-state index contributed by atoms with van der Waals surface area (Å²) in [5.41, 5.74) is -2.37. The predicted molar refractivity (Wildman–Crippen MR) is 305 cm³/mol. The molecule has 86 heavy (non-hydrogen) atoms. The summed E-state index contributed by atoms with van der Waals surface area (Å²) in [5, 5.41) is 17.1. The molecule has 29 heteroatoms. The number of nitrogens with one attached hydrogen (secondary N) is 2. The van der Waals surface area contributed by atoms with Crippen molar-refractivity contribution in [3.63, 3.8) is 0 Å². The Hall–Kier alpha value is -5.79. The minimum Gasteiger partial charge on any atom is -0.495 e. The van der Waals surface area contributed by atoms with Crippen molar-refractivity contribution >= 4 is 82.5 Å². The third-order valence-corrected chi connectivity index (χ3v) is 16.2. The molecule has 4 saturated heterocycles. The molecular weight excluding hydrogens is 1170 g/mol. The molecule has 6 heterocycles. The molecule has 2 unspecified atom stereocenters. The van der Waals surface area contributed by atoms with Gasteiger partial charge in [0.05, 0.1) is 104 Å². The second-order valence-electron chi connectivity index (χ2n) is 21.4. The monoisotopic (exact) mass is 1250 g/mol. The number of hydrogen-bond donors (Lipinski definition) is 3. The number of ether oxygens (including phenoxy) is 11. The van der Waals surface area contributed by atoms with Gasteiger partial charge in [0.1, 0.15) is 40.3 Å². The number of rotatable bonds is 31. The molecule has 0 aromatic heterocycles. The highest BCUT2D eigenvalue weighted by Crippen LogP contribution is 2.50. The Morgan fingerprint density at radius 3 is 2.15 bits per heavy atom. The van der Waals surface area contributed by atoms with Crippen LogP contribution in [0.1, 0.15) is 84.6 Å². The molecule has 3 N–H and O–H groups in total. The Bertz CT molecular complexity index is 2620. The lowest BCUT2D eigenvalue weighted by Crippen LogP contribution is -2.72. The maximum atomic E-state index is 14.3. The second kappa shape index (κ2) is 33.0. The third kappa shape index (κ3) is 19.6. The number of allylic oxidation sites excluding steroid dienone is 3. The highest BCUT2D eigenvalue weighted by molar-refractivity contribution is 8.00. The van der Waals surface area contributed by atoms with Crippen LogP contribution in [0.25, 0.3) is 0 Å². The van der Waals surface area contributed by atoms with Gasteiger partial charge in [0, 0.05) is 71.5 Å². The minimum atomic E-state index is -1.90. The topological polar surface area (TPSA) is 318 Å². The Morgan fingerprint density at radius 1 is 0.849 bits per heavy atom. The van der Waals surface area contributed by atoms with Gasteiger partial charge in [-0.3, -0.25) is 39.0 Å². The van der Waals surface area contributed by atoms with Crippen molar-refractivity contribution in [2.24, 2.45) is 0 Å². The standard InChI is InChI=1S/C57H80ClN5O22S/c1-36-9-8-10-42(75-7)57(73)34-44(83-54(72)60-57)56(4)35-55(3,85-56)43(33-48(67)61(5)39-30-38(29-36)31-40(74-6)51(39)58)82-53(71)37(2)81-26-25-80-27-28-86-41-32-49(68)62(52(41)70)16-13-45(64)59-15-18-77-20-22-79-24-23-78-21-19-76-17-14-50(69)84-63-46(65)11-12-47(63)66/h8-10,30-31,37,41-44,73H,11-29,32-35H2,1-7H3,(H,59,64)(H,60,72)/b10-8+,36-9+/t37-,41?,42+,43-,44-,55+,56?,57-/m0/s1. The molecule has 6 aliphatic heterocycles. The van der Waals surface area contributed by atoms with Crippen LogP contribution in [0.4, 0.5) is 10.5 Å². The number of nitrogens with zero attached hydrogens (tertiary/aromatic N) is 3. The van der Waals surface area contributed by atoms with Gasteiger partial charge in [0.15, 0.2) is 11.8 Å². The molecule has 7 amide bonds. The fourth-order valence-electron chi connectivity index (χ4n) is 10.1. The lowest BCUT2D eigenvalue weighted by molar-refractivity contribution is -0.328. The first-order chi connectivity index (χ1) is 41.0. The number of likely N-dealkylation sites (tertiary alicyclic amines) is 1. The van der Waals surface area contributed by atoms with E-state index in [1.807, 2.05) is 13.0 Å². The van der Waals surface area contributed by atoms with Crippen molar-refractivity contribution < 1.29 is 105 Å². The molecule has 0 spiro atoms. The number of esters is 1. The highest BCUT2D eigenvalue weighted by atomic mass is 35.5. The van der Waals surface area contributed by atoms with E-state index in [-0.39, 0.29) is 147 Å². The van der Waals surface area contributed by atoms with Crippen LogP contribution < -0.4 is 20.3 Å². The molecule has 1 aromatic carbocycles. The molecule has 6 bridgehead atoms. The van der Waals surface area contributed by atoms with E-state index in [1.165, 1.54) is 37.8 Å². The van der Waals surface area contributed by atoms with Crippen LogP contribution >= 0.6 is 23.4 Å². The quantitative estimate of drug-likeness (QED) is 0.0547. The van der Waals surface area contributed by atoms with E-state index in [1.54, 1.807) is 45.2 Å². The zero-order valence-corrected chi connectivity index (χ0v) is 51.3. The zero-order chi connectivity index (χ0) is 62.6. The van der Waals surface area contributed by atoms with Crippen molar-refractivity contribution in [1.82, 2.24) is 20.6 Å². The van der Waals surface area contributed by atoms with Crippen LogP contribution in [-0.2, 0) is 97.0 Å². The van der Waals surface area contributed by atoms with Crippen molar-refractivity contribution in [3.05, 3.63) is 46.5 Å². The Kier molecular flexibility index (Phi) is 26.6. The van der Waals surface area contributed by atoms with E-state index in [2.05, 4.69) is 10.6 Å². The number of halogens is 1. The summed E-state index contributed by atoms with van der Waals surface area (Å²) in [6.07, 6.45) is -0.143. The Labute approximate surface area is 508 Å². The molecule has 0 aliphatic carbocycles. The van der Waals surface area contributed by atoms with Gasteiger partial charge >= 0.3 is 18.0 Å². The van der Waals surface area contributed by atoms with Crippen LogP contribution in [0.15, 0.2) is 35.9 Å². The molecule has 0 radical (unpaired) electrons. The van der Waals surface area contributed by atoms with Crippen molar-refractivity contribution in [2.45, 2.75) is 132 Å². The Balaban J connectivity index is 0.858. The molecule has 27 nitrogen and oxygen atoms in total. The van der Waals surface area contributed by atoms with Crippen molar-refractivity contribution in [3.8, 4) is 5.75 Å². The smallest absolute Gasteiger partial charge is 0.409 e. The summed E-state index contributed by atoms with van der Waals surface area (Å²) in [5.74, 6) is -3.52. The maximum absolute atomic E-state index is 14.3. The van der Waals surface area contributed by atoms with Crippen molar-refractivity contribution in [1.29, 1.82) is 0 Å². The molecule has 1 aromatic rings. The number of hydrogen-bond acceptors (Lipinski definition) is 23. The number of alkyl carbamates (subject to hydrolysis) is 1. The van der Waals surface area contributed by atoms with Gasteiger partial charge in [-0.1, -0.05) is 35.4 Å². The largest absolute Gasteiger partial charge is 0.495 e. The summed E-state index contributed by atoms with van der Waals surface area (Å²) >= 11 is 8.06. The van der Waals surface area contributed by atoms with E-state index in [0.717, 1.165) is 16.0 Å². The number of carbonyl (C=O) groups excluding carboxylic acids is 9. The van der Waals surface area contributed by atoms with E-state index in [4.69, 9.17) is 68.5 Å². The summed E-state index contributed by atoms with van der Waals surface area (Å²) in [4.78, 5) is 121. The minimum absolute atomic E-state index is 0.0131. The Morgan fingerprint density at radius 2 is 1.49 bits per heavy atom. The SMILES string of the molecule is COc1cc2cc(c1Cl)N(C)C(=O)C[C@H](OC(=O)[C@H](C)OCCOCCSC1CC(=O)N(CCC(=O)NCCOCCOCCOCCOCCC(=O)ON3C(=O)CCC3=O)C1=O)[C@@]1(C)CC(C)(O1)[C@@H]1C[C@@](O)(NC(=O)O1)[C@H](OC)/C=C/C=C(\C)C2. The number of hydroxylamine groups is 2. The fraction of sp³-hybridized carbons (Fsp3) is 0.667. The van der Waals surface area contributed by atoms with Gasteiger partial charge in [-0.05, 0) is 51.8 Å². The summed E-state index contributed by atoms with van der Waals surface area (Å²) < 4.78 is 62.7.